The van der Waals surface area contributed by atoms with Gasteiger partial charge in [0.15, 0.2) is 11.5 Å². The summed E-state index contributed by atoms with van der Waals surface area (Å²) in [4.78, 5) is 12.6. The Morgan fingerprint density at radius 3 is 2.83 bits per heavy atom. The molecule has 1 atom stereocenters. The lowest BCUT2D eigenvalue weighted by Gasteiger charge is -2.22. The van der Waals surface area contributed by atoms with Gasteiger partial charge in [-0.3, -0.25) is 4.79 Å². The van der Waals surface area contributed by atoms with Gasteiger partial charge in [0, 0.05) is 5.56 Å². The van der Waals surface area contributed by atoms with Gasteiger partial charge in [0.05, 0.1) is 12.0 Å². The molecule has 150 valence electrons. The summed E-state index contributed by atoms with van der Waals surface area (Å²) in [5.41, 5.74) is 2.84. The first-order valence-corrected chi connectivity index (χ1v) is 9.93. The third kappa shape index (κ3) is 5.39. The van der Waals surface area contributed by atoms with E-state index in [4.69, 9.17) is 14.7 Å². The minimum absolute atomic E-state index is 0.00688. The molecule has 0 radical (unpaired) electrons. The second-order valence-electron chi connectivity index (χ2n) is 7.54. The molecular formula is C24H26N2O3. The fraction of sp³-hybridized carbons (Fsp3) is 0.333. The zero-order valence-corrected chi connectivity index (χ0v) is 16.9. The van der Waals surface area contributed by atoms with Crippen LogP contribution in [0.3, 0.4) is 0 Å². The van der Waals surface area contributed by atoms with E-state index >= 15 is 0 Å². The van der Waals surface area contributed by atoms with Crippen molar-refractivity contribution in [2.24, 2.45) is 5.92 Å². The zero-order valence-electron chi connectivity index (χ0n) is 16.9. The Morgan fingerprint density at radius 2 is 2.10 bits per heavy atom. The van der Waals surface area contributed by atoms with E-state index in [-0.39, 0.29) is 18.4 Å². The fourth-order valence-corrected chi connectivity index (χ4v) is 3.42. The van der Waals surface area contributed by atoms with Gasteiger partial charge in [0.25, 0.3) is 0 Å². The summed E-state index contributed by atoms with van der Waals surface area (Å²) in [6, 6.07) is 9.73. The van der Waals surface area contributed by atoms with Gasteiger partial charge in [-0.1, -0.05) is 50.3 Å². The number of hydrogen-bond acceptors (Lipinski definition) is 4. The highest BCUT2D eigenvalue weighted by Crippen LogP contribution is 2.32. The third-order valence-corrected chi connectivity index (χ3v) is 4.84. The molecule has 1 amide bonds. The van der Waals surface area contributed by atoms with E-state index in [1.165, 1.54) is 0 Å². The van der Waals surface area contributed by atoms with Gasteiger partial charge in [-0.05, 0) is 42.4 Å². The average molecular weight is 390 g/mol. The molecule has 5 nitrogen and oxygen atoms in total. The smallest absolute Gasteiger partial charge is 0.228 e. The van der Waals surface area contributed by atoms with Crippen LogP contribution < -0.4 is 5.32 Å². The maximum atomic E-state index is 12.6. The van der Waals surface area contributed by atoms with Crippen molar-refractivity contribution in [3.63, 3.8) is 0 Å². The van der Waals surface area contributed by atoms with Gasteiger partial charge < -0.3 is 14.8 Å². The third-order valence-electron chi connectivity index (χ3n) is 4.84. The van der Waals surface area contributed by atoms with Gasteiger partial charge in [0.1, 0.15) is 19.1 Å². The van der Waals surface area contributed by atoms with Gasteiger partial charge in [-0.25, -0.2) is 0 Å². The van der Waals surface area contributed by atoms with E-state index < -0.39 is 0 Å². The summed E-state index contributed by atoms with van der Waals surface area (Å²) in [6.45, 7) is 4.17. The molecule has 0 saturated heterocycles. The lowest BCUT2D eigenvalue weighted by molar-refractivity contribution is -0.122. The standard InChI is InChI=1S/C24H26N2O3/c1-17(2)13-21(24(27)26-12-11-25)19-9-6-10-20(14-19)23-16-28-15-22(29-23)18-7-4-3-5-8-18/h3-4,6-7,9-10,14-17,21H,5,8,12-13H2,1-2H3,(H,26,27). The first-order valence-electron chi connectivity index (χ1n) is 9.93. The lowest BCUT2D eigenvalue weighted by atomic mass is 9.88. The van der Waals surface area contributed by atoms with E-state index in [9.17, 15) is 4.79 Å². The maximum Gasteiger partial charge on any atom is 0.228 e. The first kappa shape index (κ1) is 20.5. The summed E-state index contributed by atoms with van der Waals surface area (Å²) in [6.07, 6.45) is 12.0. The van der Waals surface area contributed by atoms with Crippen LogP contribution in [0.1, 0.15) is 50.2 Å². The van der Waals surface area contributed by atoms with Gasteiger partial charge in [-0.2, -0.15) is 5.26 Å². The molecule has 3 rings (SSSR count). The molecule has 1 unspecified atom stereocenters. The number of ether oxygens (including phenoxy) is 2. The molecule has 0 spiro atoms. The molecule has 5 heteroatoms. The van der Waals surface area contributed by atoms with Crippen LogP contribution in [0, 0.1) is 17.2 Å². The number of amides is 1. The van der Waals surface area contributed by atoms with Crippen LogP contribution in [-0.2, 0) is 14.3 Å². The predicted molar refractivity (Wildman–Crippen MR) is 112 cm³/mol. The number of nitrogens with zero attached hydrogens (tertiary/aromatic N) is 1. The molecule has 1 heterocycles. The Bertz CT molecular complexity index is 916. The summed E-state index contributed by atoms with van der Waals surface area (Å²) >= 11 is 0. The lowest BCUT2D eigenvalue weighted by Crippen LogP contribution is -2.30. The number of benzene rings is 1. The van der Waals surface area contributed by atoms with E-state index in [2.05, 4.69) is 25.2 Å². The summed E-state index contributed by atoms with van der Waals surface area (Å²) in [7, 11) is 0. The molecule has 0 fully saturated rings. The molecule has 29 heavy (non-hydrogen) atoms. The minimum Gasteiger partial charge on any atom is -0.465 e. The van der Waals surface area contributed by atoms with E-state index in [0.717, 1.165) is 29.5 Å². The Kier molecular flexibility index (Phi) is 6.91. The molecule has 1 N–H and O–H groups in total. The first-order chi connectivity index (χ1) is 14.1. The van der Waals surface area contributed by atoms with Crippen LogP contribution in [0.25, 0.3) is 5.76 Å². The molecule has 1 aliphatic heterocycles. The highest BCUT2D eigenvalue weighted by molar-refractivity contribution is 5.84. The predicted octanol–water partition coefficient (Wildman–Crippen LogP) is 4.92. The van der Waals surface area contributed by atoms with Crippen molar-refractivity contribution in [1.82, 2.24) is 5.32 Å². The highest BCUT2D eigenvalue weighted by Gasteiger charge is 2.23. The number of hydrogen-bond donors (Lipinski definition) is 1. The van der Waals surface area contributed by atoms with Gasteiger partial charge in [-0.15, -0.1) is 0 Å². The number of carbonyl (C=O) groups excluding carboxylic acids is 1. The Balaban J connectivity index is 1.81. The van der Waals surface area contributed by atoms with Gasteiger partial charge in [0.2, 0.25) is 5.91 Å². The number of carbonyl (C=O) groups is 1. The molecular weight excluding hydrogens is 364 g/mol. The number of nitriles is 1. The van der Waals surface area contributed by atoms with Crippen LogP contribution >= 0.6 is 0 Å². The Morgan fingerprint density at radius 1 is 1.28 bits per heavy atom. The molecule has 2 aliphatic rings. The molecule has 0 saturated carbocycles. The van der Waals surface area contributed by atoms with Crippen molar-refractivity contribution < 1.29 is 14.3 Å². The van der Waals surface area contributed by atoms with Crippen molar-refractivity contribution in [1.29, 1.82) is 5.26 Å². The number of allylic oxidation sites excluding steroid dienone is 4. The van der Waals surface area contributed by atoms with Crippen LogP contribution in [0.2, 0.25) is 0 Å². The molecule has 0 bridgehead atoms. The number of nitrogens with one attached hydrogen (secondary N) is 1. The summed E-state index contributed by atoms with van der Waals surface area (Å²) in [5.74, 6) is 1.20. The maximum absolute atomic E-state index is 12.6. The van der Waals surface area contributed by atoms with Crippen LogP contribution in [-0.4, -0.2) is 12.5 Å². The van der Waals surface area contributed by atoms with Crippen molar-refractivity contribution in [2.75, 3.05) is 6.54 Å². The largest absolute Gasteiger partial charge is 0.465 e. The Labute approximate surface area is 172 Å². The monoisotopic (exact) mass is 390 g/mol. The highest BCUT2D eigenvalue weighted by atomic mass is 16.5. The molecule has 1 aromatic carbocycles. The molecule has 1 aliphatic carbocycles. The summed E-state index contributed by atoms with van der Waals surface area (Å²) < 4.78 is 11.6. The average Bonchev–Trinajstić information content (AvgIpc) is 2.76. The van der Waals surface area contributed by atoms with Crippen LogP contribution in [0.5, 0.6) is 0 Å². The molecule has 0 aromatic heterocycles. The Hall–Kier alpha value is -3.26. The zero-order chi connectivity index (χ0) is 20.6. The molecule has 1 aromatic rings. The van der Waals surface area contributed by atoms with Crippen LogP contribution in [0.15, 0.2) is 66.3 Å². The van der Waals surface area contributed by atoms with Gasteiger partial charge >= 0.3 is 0 Å². The normalized spacial score (nSPS) is 16.6. The second-order valence-corrected chi connectivity index (χ2v) is 7.54. The quantitative estimate of drug-likeness (QED) is 0.671. The number of rotatable bonds is 7. The van der Waals surface area contributed by atoms with Crippen LogP contribution in [0.4, 0.5) is 0 Å². The van der Waals surface area contributed by atoms with Crippen molar-refractivity contribution in [3.05, 3.63) is 77.5 Å². The van der Waals surface area contributed by atoms with E-state index in [0.29, 0.717) is 23.9 Å². The topological polar surface area (TPSA) is 71.4 Å². The van der Waals surface area contributed by atoms with Crippen molar-refractivity contribution in [2.45, 2.75) is 39.0 Å². The van der Waals surface area contributed by atoms with Crippen molar-refractivity contribution in [3.8, 4) is 6.07 Å². The van der Waals surface area contributed by atoms with E-state index in [1.807, 2.05) is 42.5 Å². The fourth-order valence-electron chi connectivity index (χ4n) is 3.42. The minimum atomic E-state index is -0.324. The second kappa shape index (κ2) is 9.79. The van der Waals surface area contributed by atoms with Crippen molar-refractivity contribution >= 4 is 11.7 Å². The SMILES string of the molecule is CC(C)CC(C(=O)NCC#N)c1cccc(C2=COC=C(C3=CC=CCC3)O2)c1. The van der Waals surface area contributed by atoms with E-state index in [1.54, 1.807) is 12.5 Å². The summed E-state index contributed by atoms with van der Waals surface area (Å²) in [5, 5.41) is 11.5.